The van der Waals surface area contributed by atoms with Crippen LogP contribution in [-0.2, 0) is 10.3 Å². The highest BCUT2D eigenvalue weighted by molar-refractivity contribution is 7.16. The van der Waals surface area contributed by atoms with E-state index in [2.05, 4.69) is 0 Å². The van der Waals surface area contributed by atoms with Crippen LogP contribution >= 0.6 is 22.9 Å². The van der Waals surface area contributed by atoms with Gasteiger partial charge in [0, 0.05) is 11.3 Å². The molecule has 0 aromatic carbocycles. The maximum atomic E-state index is 10.9. The van der Waals surface area contributed by atoms with Gasteiger partial charge in [0.1, 0.15) is 5.60 Å². The molecule has 0 saturated carbocycles. The van der Waals surface area contributed by atoms with E-state index >= 15 is 0 Å². The molecule has 2 heterocycles. The monoisotopic (exact) mass is 260 g/mol. The maximum Gasteiger partial charge on any atom is 0.130 e. The van der Waals surface area contributed by atoms with Crippen LogP contribution in [0, 0.1) is 0 Å². The highest BCUT2D eigenvalue weighted by atomic mass is 35.5. The molecule has 0 amide bonds. The first kappa shape index (κ1) is 12.4. The highest BCUT2D eigenvalue weighted by Crippen LogP contribution is 2.52. The van der Waals surface area contributed by atoms with E-state index in [1.54, 1.807) is 0 Å². The Morgan fingerprint density at radius 1 is 1.31 bits per heavy atom. The summed E-state index contributed by atoms with van der Waals surface area (Å²) in [5.41, 5.74) is -1.85. The third-order valence-electron chi connectivity index (χ3n) is 3.19. The van der Waals surface area contributed by atoms with E-state index in [-0.39, 0.29) is 5.60 Å². The van der Waals surface area contributed by atoms with Crippen LogP contribution in [0.1, 0.15) is 39.0 Å². The second kappa shape index (κ2) is 3.45. The molecular weight excluding hydrogens is 244 g/mol. The minimum Gasteiger partial charge on any atom is -0.381 e. The van der Waals surface area contributed by atoms with Crippen molar-refractivity contribution in [2.75, 3.05) is 0 Å². The molecule has 1 atom stereocenters. The largest absolute Gasteiger partial charge is 0.381 e. The fourth-order valence-corrected chi connectivity index (χ4v) is 3.84. The Morgan fingerprint density at radius 2 is 1.94 bits per heavy atom. The highest BCUT2D eigenvalue weighted by Gasteiger charge is 2.57. The first-order valence-corrected chi connectivity index (χ1v) is 6.54. The number of halogens is 1. The molecule has 2 nitrogen and oxygen atoms in total. The number of rotatable bonds is 1. The van der Waals surface area contributed by atoms with Crippen LogP contribution < -0.4 is 0 Å². The number of ether oxygens (including phenoxy) is 1. The second-order valence-corrected chi connectivity index (χ2v) is 7.23. The smallest absolute Gasteiger partial charge is 0.130 e. The number of thiophene rings is 1. The quantitative estimate of drug-likeness (QED) is 0.837. The minimum absolute atomic E-state index is 0.311. The van der Waals surface area contributed by atoms with Crippen LogP contribution in [0.15, 0.2) is 12.1 Å². The zero-order valence-corrected chi connectivity index (χ0v) is 11.6. The summed E-state index contributed by atoms with van der Waals surface area (Å²) < 4.78 is 6.63. The molecule has 0 spiro atoms. The van der Waals surface area contributed by atoms with Crippen molar-refractivity contribution in [1.29, 1.82) is 0 Å². The summed E-state index contributed by atoms with van der Waals surface area (Å²) in [6.45, 7) is 7.86. The summed E-state index contributed by atoms with van der Waals surface area (Å²) in [6, 6.07) is 3.71. The van der Waals surface area contributed by atoms with Crippen LogP contribution in [0.5, 0.6) is 0 Å². The molecule has 1 fully saturated rings. The van der Waals surface area contributed by atoms with E-state index in [4.69, 9.17) is 16.3 Å². The Morgan fingerprint density at radius 3 is 2.31 bits per heavy atom. The van der Waals surface area contributed by atoms with Crippen molar-refractivity contribution < 1.29 is 9.84 Å². The molecule has 90 valence electrons. The zero-order valence-electron chi connectivity index (χ0n) is 10.0. The molecule has 1 unspecified atom stereocenters. The van der Waals surface area contributed by atoms with Crippen molar-refractivity contribution in [3.05, 3.63) is 21.3 Å². The third-order valence-corrected chi connectivity index (χ3v) is 4.57. The summed E-state index contributed by atoms with van der Waals surface area (Å²) in [5, 5.41) is 10.9. The molecule has 2 rings (SSSR count). The number of aliphatic hydroxyl groups is 1. The van der Waals surface area contributed by atoms with E-state index in [1.165, 1.54) is 11.3 Å². The molecule has 4 heteroatoms. The molecule has 0 bridgehead atoms. The van der Waals surface area contributed by atoms with Gasteiger partial charge in [0.15, 0.2) is 0 Å². The van der Waals surface area contributed by atoms with Gasteiger partial charge in [-0.05, 0) is 39.8 Å². The molecule has 1 N–H and O–H groups in total. The van der Waals surface area contributed by atoms with Gasteiger partial charge in [0.05, 0.1) is 15.5 Å². The van der Waals surface area contributed by atoms with Crippen molar-refractivity contribution >= 4 is 22.9 Å². The summed E-state index contributed by atoms with van der Waals surface area (Å²) in [7, 11) is 0. The Balaban J connectivity index is 2.45. The van der Waals surface area contributed by atoms with Crippen LogP contribution in [-0.4, -0.2) is 16.3 Å². The predicted molar refractivity (Wildman–Crippen MR) is 67.1 cm³/mol. The van der Waals surface area contributed by atoms with Gasteiger partial charge in [-0.3, -0.25) is 0 Å². The van der Waals surface area contributed by atoms with Crippen molar-refractivity contribution in [3.63, 3.8) is 0 Å². The maximum absolute atomic E-state index is 10.9. The lowest BCUT2D eigenvalue weighted by Crippen LogP contribution is -2.42. The fraction of sp³-hybridized carbons (Fsp3) is 0.667. The lowest BCUT2D eigenvalue weighted by atomic mass is 9.81. The van der Waals surface area contributed by atoms with Gasteiger partial charge in [-0.25, -0.2) is 0 Å². The summed E-state index contributed by atoms with van der Waals surface area (Å²) in [6.07, 6.45) is 0.587. The van der Waals surface area contributed by atoms with Gasteiger partial charge in [-0.15, -0.1) is 11.3 Å². The topological polar surface area (TPSA) is 29.5 Å². The van der Waals surface area contributed by atoms with Gasteiger partial charge in [0.2, 0.25) is 0 Å². The van der Waals surface area contributed by atoms with Gasteiger partial charge in [0.25, 0.3) is 0 Å². The van der Waals surface area contributed by atoms with Crippen LogP contribution in [0.3, 0.4) is 0 Å². The summed E-state index contributed by atoms with van der Waals surface area (Å²) in [4.78, 5) is 0.882. The Hall–Kier alpha value is -0.0900. The number of hydrogen-bond acceptors (Lipinski definition) is 3. The van der Waals surface area contributed by atoms with Crippen molar-refractivity contribution in [1.82, 2.24) is 0 Å². The average Bonchev–Trinajstić information content (AvgIpc) is 2.53. The standard InChI is InChI=1S/C12H17ClO2S/c1-10(2)7-12(14,11(3,4)15-10)8-5-6-9(13)16-8/h5-6,14H,7H2,1-4H3. The molecule has 1 saturated heterocycles. The lowest BCUT2D eigenvalue weighted by molar-refractivity contribution is -0.128. The van der Waals surface area contributed by atoms with Gasteiger partial charge in [-0.2, -0.15) is 0 Å². The van der Waals surface area contributed by atoms with E-state index in [9.17, 15) is 5.11 Å². The van der Waals surface area contributed by atoms with Crippen molar-refractivity contribution in [2.24, 2.45) is 0 Å². The van der Waals surface area contributed by atoms with Crippen LogP contribution in [0.25, 0.3) is 0 Å². The predicted octanol–water partition coefficient (Wildman–Crippen LogP) is 3.57. The van der Waals surface area contributed by atoms with E-state index in [0.717, 1.165) is 4.88 Å². The Labute approximate surface area is 105 Å². The van der Waals surface area contributed by atoms with Crippen LogP contribution in [0.2, 0.25) is 4.34 Å². The van der Waals surface area contributed by atoms with Crippen molar-refractivity contribution in [3.8, 4) is 0 Å². The summed E-state index contributed by atoms with van der Waals surface area (Å²) >= 11 is 7.35. The normalized spacial score (nSPS) is 31.9. The minimum atomic E-state index is -0.950. The first-order chi connectivity index (χ1) is 7.16. The summed E-state index contributed by atoms with van der Waals surface area (Å²) in [5.74, 6) is 0. The molecule has 0 aliphatic carbocycles. The molecule has 16 heavy (non-hydrogen) atoms. The second-order valence-electron chi connectivity index (χ2n) is 5.51. The first-order valence-electron chi connectivity index (χ1n) is 5.35. The van der Waals surface area contributed by atoms with E-state index in [1.807, 2.05) is 39.8 Å². The van der Waals surface area contributed by atoms with Gasteiger partial charge in [-0.1, -0.05) is 11.6 Å². The van der Waals surface area contributed by atoms with Crippen LogP contribution in [0.4, 0.5) is 0 Å². The van der Waals surface area contributed by atoms with Gasteiger partial charge < -0.3 is 9.84 Å². The van der Waals surface area contributed by atoms with E-state index < -0.39 is 11.2 Å². The Kier molecular flexibility index (Phi) is 2.67. The molecule has 1 aliphatic rings. The number of hydrogen-bond donors (Lipinski definition) is 1. The SMILES string of the molecule is CC1(C)CC(O)(c2ccc(Cl)s2)C(C)(C)O1. The average molecular weight is 261 g/mol. The third kappa shape index (κ3) is 1.80. The van der Waals surface area contributed by atoms with Crippen molar-refractivity contribution in [2.45, 2.75) is 50.9 Å². The molecular formula is C12H17ClO2S. The molecule has 1 aliphatic heterocycles. The molecule has 1 aromatic heterocycles. The Bertz CT molecular complexity index is 411. The fourth-order valence-electron chi connectivity index (χ4n) is 2.56. The van der Waals surface area contributed by atoms with Gasteiger partial charge >= 0.3 is 0 Å². The molecule has 1 aromatic rings. The molecule has 0 radical (unpaired) electrons. The lowest BCUT2D eigenvalue weighted by Gasteiger charge is -2.34. The van der Waals surface area contributed by atoms with E-state index in [0.29, 0.717) is 10.8 Å². The zero-order chi connectivity index (χ0) is 12.2.